The third kappa shape index (κ3) is 6.41. The lowest BCUT2D eigenvalue weighted by Crippen LogP contribution is -2.42. The maximum absolute atomic E-state index is 13.5. The van der Waals surface area contributed by atoms with E-state index >= 15 is 0 Å². The molecule has 10 nitrogen and oxygen atoms in total. The number of carboxylic acids is 1. The van der Waals surface area contributed by atoms with Crippen molar-refractivity contribution in [1.29, 1.82) is 0 Å². The summed E-state index contributed by atoms with van der Waals surface area (Å²) in [6.07, 6.45) is 4.29. The summed E-state index contributed by atoms with van der Waals surface area (Å²) in [6, 6.07) is 5.60. The summed E-state index contributed by atoms with van der Waals surface area (Å²) >= 11 is 5.85. The van der Waals surface area contributed by atoms with Crippen LogP contribution in [0, 0.1) is 5.82 Å². The normalized spacial score (nSPS) is 15.5. The molecule has 3 aromatic rings. The molecule has 3 N–H and O–H groups in total. The molecule has 0 bridgehead atoms. The molecule has 3 heterocycles. The van der Waals surface area contributed by atoms with Gasteiger partial charge in [0.15, 0.2) is 9.84 Å². The second-order valence-corrected chi connectivity index (χ2v) is 10.6. The van der Waals surface area contributed by atoms with Crippen molar-refractivity contribution in [3.8, 4) is 11.1 Å². The van der Waals surface area contributed by atoms with E-state index in [1.54, 1.807) is 0 Å². The van der Waals surface area contributed by atoms with Crippen LogP contribution in [0.4, 0.5) is 21.8 Å². The highest BCUT2D eigenvalue weighted by Gasteiger charge is 2.21. The molecule has 0 radical (unpaired) electrons. The summed E-state index contributed by atoms with van der Waals surface area (Å²) in [7, 11) is -2.97. The number of aromatic nitrogens is 3. The maximum Gasteiger partial charge on any atom is 0.337 e. The molecular weight excluding hydrogens is 499 g/mol. The zero-order chi connectivity index (χ0) is 25.0. The van der Waals surface area contributed by atoms with Crippen LogP contribution in [-0.4, -0.2) is 77.0 Å². The molecule has 0 atom stereocenters. The highest BCUT2D eigenvalue weighted by Crippen LogP contribution is 2.28. The standard InChI is InChI=1S/C22H22ClFN6O4S/c23-18-10-16(1-2-19(18)24)28-22-27-13-17(14-9-15(21(31)32)12-25-11-14)20(29-22)26-3-4-30-5-7-35(33,34)8-6-30/h1-2,9-13H,3-8H2,(H,31,32)(H2,26,27,28,29). The Labute approximate surface area is 206 Å². The molecule has 1 aliphatic rings. The smallest absolute Gasteiger partial charge is 0.337 e. The first kappa shape index (κ1) is 24.8. The Hall–Kier alpha value is -3.35. The van der Waals surface area contributed by atoms with Gasteiger partial charge >= 0.3 is 5.97 Å². The molecule has 0 saturated carbocycles. The lowest BCUT2D eigenvalue weighted by atomic mass is 10.1. The minimum absolute atomic E-state index is 0.0196. The molecule has 0 spiro atoms. The fraction of sp³-hybridized carbons (Fsp3) is 0.273. The van der Waals surface area contributed by atoms with Crippen molar-refractivity contribution in [2.24, 2.45) is 0 Å². The summed E-state index contributed by atoms with van der Waals surface area (Å²) in [5.41, 5.74) is 1.54. The topological polar surface area (TPSA) is 137 Å². The average Bonchev–Trinajstić information content (AvgIpc) is 2.83. The molecule has 1 aromatic carbocycles. The van der Waals surface area contributed by atoms with Crippen LogP contribution < -0.4 is 10.6 Å². The predicted molar refractivity (Wildman–Crippen MR) is 130 cm³/mol. The Morgan fingerprint density at radius 2 is 1.94 bits per heavy atom. The number of carbonyl (C=O) groups is 1. The maximum atomic E-state index is 13.5. The minimum atomic E-state index is -2.97. The van der Waals surface area contributed by atoms with Gasteiger partial charge in [-0.25, -0.2) is 22.6 Å². The third-order valence-corrected chi connectivity index (χ3v) is 7.32. The van der Waals surface area contributed by atoms with E-state index in [1.807, 2.05) is 4.90 Å². The Morgan fingerprint density at radius 1 is 1.17 bits per heavy atom. The van der Waals surface area contributed by atoms with E-state index in [4.69, 9.17) is 11.6 Å². The van der Waals surface area contributed by atoms with E-state index in [9.17, 15) is 22.7 Å². The van der Waals surface area contributed by atoms with E-state index < -0.39 is 21.6 Å². The molecule has 1 aliphatic heterocycles. The summed E-state index contributed by atoms with van der Waals surface area (Å²) in [4.78, 5) is 26.3. The summed E-state index contributed by atoms with van der Waals surface area (Å²) in [5.74, 6) is -0.759. The van der Waals surface area contributed by atoms with Gasteiger partial charge in [-0.15, -0.1) is 0 Å². The van der Waals surface area contributed by atoms with Gasteiger partial charge in [-0.3, -0.25) is 9.88 Å². The quantitative estimate of drug-likeness (QED) is 0.406. The number of aromatic carboxylic acids is 1. The first-order chi connectivity index (χ1) is 16.7. The fourth-order valence-electron chi connectivity index (χ4n) is 3.50. The van der Waals surface area contributed by atoms with Crippen molar-refractivity contribution >= 4 is 44.9 Å². The first-order valence-electron chi connectivity index (χ1n) is 10.6. The van der Waals surface area contributed by atoms with Crippen LogP contribution in [0.1, 0.15) is 10.4 Å². The monoisotopic (exact) mass is 520 g/mol. The Morgan fingerprint density at radius 3 is 2.66 bits per heavy atom. The molecule has 35 heavy (non-hydrogen) atoms. The van der Waals surface area contributed by atoms with Gasteiger partial charge in [0.2, 0.25) is 5.95 Å². The number of nitrogens with zero attached hydrogens (tertiary/aromatic N) is 4. The number of halogens is 2. The zero-order valence-electron chi connectivity index (χ0n) is 18.4. The van der Waals surface area contributed by atoms with E-state index in [0.717, 1.165) is 0 Å². The highest BCUT2D eigenvalue weighted by atomic mass is 35.5. The summed E-state index contributed by atoms with van der Waals surface area (Å²) < 4.78 is 36.8. The third-order valence-electron chi connectivity index (χ3n) is 5.42. The number of hydrogen-bond donors (Lipinski definition) is 3. The fourth-order valence-corrected chi connectivity index (χ4v) is 4.96. The molecule has 0 aliphatic carbocycles. The van der Waals surface area contributed by atoms with Crippen LogP contribution in [0.15, 0.2) is 42.9 Å². The number of anilines is 3. The molecule has 0 amide bonds. The minimum Gasteiger partial charge on any atom is -0.478 e. The number of carboxylic acid groups (broad SMARTS) is 1. The molecule has 13 heteroatoms. The number of benzene rings is 1. The largest absolute Gasteiger partial charge is 0.478 e. The summed E-state index contributed by atoms with van der Waals surface area (Å²) in [6.45, 7) is 1.97. The van der Waals surface area contributed by atoms with E-state index in [1.165, 1.54) is 42.9 Å². The van der Waals surface area contributed by atoms with Crippen LogP contribution in [-0.2, 0) is 9.84 Å². The lowest BCUT2D eigenvalue weighted by Gasteiger charge is -2.26. The number of sulfone groups is 1. The second-order valence-electron chi connectivity index (χ2n) is 7.90. The predicted octanol–water partition coefficient (Wildman–Crippen LogP) is 2.92. The molecule has 2 aromatic heterocycles. The SMILES string of the molecule is O=C(O)c1cncc(-c2cnc(Nc3ccc(F)c(Cl)c3)nc2NCCN2CCS(=O)(=O)CC2)c1. The van der Waals surface area contributed by atoms with Gasteiger partial charge in [-0.2, -0.15) is 4.98 Å². The number of hydrogen-bond acceptors (Lipinski definition) is 9. The van der Waals surface area contributed by atoms with Gasteiger partial charge in [0.1, 0.15) is 11.6 Å². The number of rotatable bonds is 8. The Balaban J connectivity index is 1.57. The van der Waals surface area contributed by atoms with Crippen LogP contribution in [0.3, 0.4) is 0 Å². The van der Waals surface area contributed by atoms with Crippen molar-refractivity contribution in [3.63, 3.8) is 0 Å². The van der Waals surface area contributed by atoms with E-state index in [-0.39, 0.29) is 28.0 Å². The van der Waals surface area contributed by atoms with Gasteiger partial charge in [0.05, 0.1) is 22.1 Å². The summed E-state index contributed by atoms with van der Waals surface area (Å²) in [5, 5.41) is 15.5. The van der Waals surface area contributed by atoms with Gasteiger partial charge in [0.25, 0.3) is 0 Å². The molecular formula is C22H22ClFN6O4S. The first-order valence-corrected chi connectivity index (χ1v) is 12.8. The second kappa shape index (κ2) is 10.5. The van der Waals surface area contributed by atoms with Crippen molar-refractivity contribution in [2.45, 2.75) is 0 Å². The van der Waals surface area contributed by atoms with Crippen molar-refractivity contribution in [1.82, 2.24) is 19.9 Å². The molecule has 1 fully saturated rings. The van der Waals surface area contributed by atoms with Crippen LogP contribution in [0.25, 0.3) is 11.1 Å². The molecule has 1 saturated heterocycles. The van der Waals surface area contributed by atoms with Crippen LogP contribution in [0.5, 0.6) is 0 Å². The van der Waals surface area contributed by atoms with E-state index in [0.29, 0.717) is 48.8 Å². The van der Waals surface area contributed by atoms with Gasteiger partial charge in [-0.1, -0.05) is 11.6 Å². The molecule has 4 rings (SSSR count). The van der Waals surface area contributed by atoms with Gasteiger partial charge in [0, 0.05) is 61.6 Å². The van der Waals surface area contributed by atoms with Crippen molar-refractivity contribution < 1.29 is 22.7 Å². The number of pyridine rings is 1. The van der Waals surface area contributed by atoms with E-state index in [2.05, 4.69) is 25.6 Å². The average molecular weight is 521 g/mol. The van der Waals surface area contributed by atoms with Gasteiger partial charge < -0.3 is 15.7 Å². The van der Waals surface area contributed by atoms with Crippen LogP contribution >= 0.6 is 11.6 Å². The van der Waals surface area contributed by atoms with Crippen LogP contribution in [0.2, 0.25) is 5.02 Å². The lowest BCUT2D eigenvalue weighted by molar-refractivity contribution is 0.0696. The van der Waals surface area contributed by atoms with Crippen molar-refractivity contribution in [3.05, 3.63) is 59.3 Å². The Kier molecular flexibility index (Phi) is 7.43. The molecule has 184 valence electrons. The Bertz CT molecular complexity index is 1340. The highest BCUT2D eigenvalue weighted by molar-refractivity contribution is 7.91. The number of nitrogens with one attached hydrogen (secondary N) is 2. The van der Waals surface area contributed by atoms with Gasteiger partial charge in [-0.05, 0) is 24.3 Å². The zero-order valence-corrected chi connectivity index (χ0v) is 20.0. The van der Waals surface area contributed by atoms with Crippen molar-refractivity contribution in [2.75, 3.05) is 48.3 Å². The molecule has 0 unspecified atom stereocenters.